The van der Waals surface area contributed by atoms with Crippen molar-refractivity contribution >= 4 is 15.9 Å². The highest BCUT2D eigenvalue weighted by Crippen LogP contribution is 2.30. The molecule has 0 bridgehead atoms. The minimum Gasteiger partial charge on any atom is -0.468 e. The first-order valence-corrected chi connectivity index (χ1v) is 10.8. The molecule has 2 aromatic rings. The summed E-state index contributed by atoms with van der Waals surface area (Å²) in [7, 11) is -4.29. The van der Waals surface area contributed by atoms with E-state index in [-0.39, 0.29) is 12.6 Å². The van der Waals surface area contributed by atoms with E-state index in [2.05, 4.69) is 10.2 Å². The number of halogens is 3. The molecular formula is C19H24F3N3O4S. The molecule has 1 heterocycles. The van der Waals surface area contributed by atoms with Crippen LogP contribution in [0.4, 0.5) is 13.2 Å². The van der Waals surface area contributed by atoms with Gasteiger partial charge in [-0.3, -0.25) is 9.69 Å². The van der Waals surface area contributed by atoms with Gasteiger partial charge in [0.1, 0.15) is 5.76 Å². The first kappa shape index (κ1) is 23.9. The van der Waals surface area contributed by atoms with Crippen molar-refractivity contribution in [3.63, 3.8) is 0 Å². The Labute approximate surface area is 173 Å². The van der Waals surface area contributed by atoms with Gasteiger partial charge in [0.25, 0.3) is 0 Å². The maximum atomic E-state index is 12.8. The summed E-state index contributed by atoms with van der Waals surface area (Å²) in [6, 6.07) is 6.60. The molecule has 0 aliphatic heterocycles. The lowest BCUT2D eigenvalue weighted by atomic mass is 10.2. The Hall–Kier alpha value is -2.37. The molecule has 0 fully saturated rings. The molecule has 2 rings (SSSR count). The first-order chi connectivity index (χ1) is 14.1. The number of rotatable bonds is 10. The second-order valence-electron chi connectivity index (χ2n) is 6.41. The number of carbonyl (C=O) groups excluding carboxylic acids is 1. The molecule has 30 heavy (non-hydrogen) atoms. The van der Waals surface area contributed by atoms with E-state index in [4.69, 9.17) is 4.42 Å². The van der Waals surface area contributed by atoms with Gasteiger partial charge in [-0.15, -0.1) is 0 Å². The molecule has 0 radical (unpaired) electrons. The number of nitrogens with one attached hydrogen (secondary N) is 2. The van der Waals surface area contributed by atoms with Crippen molar-refractivity contribution in [3.8, 4) is 0 Å². The summed E-state index contributed by atoms with van der Waals surface area (Å²) in [5.41, 5.74) is -1.09. The molecule has 0 aliphatic carbocycles. The van der Waals surface area contributed by atoms with E-state index >= 15 is 0 Å². The second kappa shape index (κ2) is 10.1. The smallest absolute Gasteiger partial charge is 0.416 e. The van der Waals surface area contributed by atoms with Crippen molar-refractivity contribution < 1.29 is 30.8 Å². The summed E-state index contributed by atoms with van der Waals surface area (Å²) < 4.78 is 70.4. The number of amides is 1. The number of furan rings is 1. The second-order valence-corrected chi connectivity index (χ2v) is 8.17. The van der Waals surface area contributed by atoms with Crippen LogP contribution in [-0.4, -0.2) is 45.4 Å². The van der Waals surface area contributed by atoms with Crippen LogP contribution in [-0.2, 0) is 21.0 Å². The molecule has 1 aromatic carbocycles. The van der Waals surface area contributed by atoms with Gasteiger partial charge in [0.2, 0.25) is 15.9 Å². The highest BCUT2D eigenvalue weighted by molar-refractivity contribution is 7.89. The molecular weight excluding hydrogens is 423 g/mol. The van der Waals surface area contributed by atoms with Crippen LogP contribution < -0.4 is 10.0 Å². The van der Waals surface area contributed by atoms with Gasteiger partial charge in [-0.05, 0) is 43.4 Å². The van der Waals surface area contributed by atoms with Crippen LogP contribution in [0.25, 0.3) is 0 Å². The number of likely N-dealkylation sites (N-methyl/N-ethyl adjacent to an activating group) is 1. The lowest BCUT2D eigenvalue weighted by Crippen LogP contribution is -2.42. The molecule has 2 N–H and O–H groups in total. The van der Waals surface area contributed by atoms with E-state index < -0.39 is 39.1 Å². The molecule has 0 saturated carbocycles. The van der Waals surface area contributed by atoms with Gasteiger partial charge in [-0.2, -0.15) is 13.2 Å². The number of carbonyl (C=O) groups is 1. The Balaban J connectivity index is 1.99. The highest BCUT2D eigenvalue weighted by Gasteiger charge is 2.31. The van der Waals surface area contributed by atoms with Crippen molar-refractivity contribution in [1.82, 2.24) is 14.9 Å². The molecule has 0 saturated heterocycles. The van der Waals surface area contributed by atoms with Crippen LogP contribution in [0.5, 0.6) is 0 Å². The van der Waals surface area contributed by atoms with Crippen molar-refractivity contribution in [2.45, 2.75) is 31.0 Å². The molecule has 0 spiro atoms. The Morgan fingerprint density at radius 3 is 2.43 bits per heavy atom. The fourth-order valence-electron chi connectivity index (χ4n) is 2.91. The molecule has 11 heteroatoms. The minimum atomic E-state index is -4.67. The Kier molecular flexibility index (Phi) is 8.04. The fraction of sp³-hybridized carbons (Fsp3) is 0.421. The number of hydrogen-bond acceptors (Lipinski definition) is 5. The third-order valence-electron chi connectivity index (χ3n) is 4.51. The number of hydrogen-bond donors (Lipinski definition) is 2. The molecule has 1 unspecified atom stereocenters. The number of sulfonamides is 1. The van der Waals surface area contributed by atoms with E-state index in [0.29, 0.717) is 24.9 Å². The summed E-state index contributed by atoms with van der Waals surface area (Å²) in [5, 5.41) is 2.63. The monoisotopic (exact) mass is 447 g/mol. The summed E-state index contributed by atoms with van der Waals surface area (Å²) >= 11 is 0. The average Bonchev–Trinajstić information content (AvgIpc) is 3.23. The lowest BCUT2D eigenvalue weighted by molar-refractivity contribution is -0.137. The summed E-state index contributed by atoms with van der Waals surface area (Å²) in [6.07, 6.45) is -3.15. The highest BCUT2D eigenvalue weighted by atomic mass is 32.2. The van der Waals surface area contributed by atoms with E-state index in [1.807, 2.05) is 18.6 Å². The topological polar surface area (TPSA) is 91.7 Å². The van der Waals surface area contributed by atoms with E-state index in [1.54, 1.807) is 12.1 Å². The Bertz CT molecular complexity index is 927. The van der Waals surface area contributed by atoms with Crippen LogP contribution in [0.15, 0.2) is 52.0 Å². The minimum absolute atomic E-state index is 0.180. The van der Waals surface area contributed by atoms with Gasteiger partial charge in [-0.25, -0.2) is 13.1 Å². The van der Waals surface area contributed by atoms with E-state index in [1.165, 1.54) is 6.26 Å². The quantitative estimate of drug-likeness (QED) is 0.585. The molecule has 1 aromatic heterocycles. The summed E-state index contributed by atoms with van der Waals surface area (Å²) in [4.78, 5) is 13.6. The van der Waals surface area contributed by atoms with Gasteiger partial charge in [0.05, 0.1) is 29.3 Å². The van der Waals surface area contributed by atoms with Crippen LogP contribution in [0, 0.1) is 0 Å². The maximum absolute atomic E-state index is 12.8. The van der Waals surface area contributed by atoms with Crippen LogP contribution in [0.3, 0.4) is 0 Å². The Morgan fingerprint density at radius 1 is 1.17 bits per heavy atom. The van der Waals surface area contributed by atoms with Gasteiger partial charge in [0.15, 0.2) is 0 Å². The zero-order chi connectivity index (χ0) is 22.4. The predicted molar refractivity (Wildman–Crippen MR) is 104 cm³/mol. The molecule has 166 valence electrons. The largest absolute Gasteiger partial charge is 0.468 e. The van der Waals surface area contributed by atoms with Gasteiger partial charge >= 0.3 is 6.18 Å². The third-order valence-corrected chi connectivity index (χ3v) is 5.91. The number of benzene rings is 1. The van der Waals surface area contributed by atoms with Crippen molar-refractivity contribution in [2.75, 3.05) is 26.2 Å². The van der Waals surface area contributed by atoms with E-state index in [0.717, 1.165) is 18.2 Å². The Morgan fingerprint density at radius 2 is 1.87 bits per heavy atom. The maximum Gasteiger partial charge on any atom is 0.416 e. The van der Waals surface area contributed by atoms with E-state index in [9.17, 15) is 26.4 Å². The molecule has 0 aliphatic rings. The predicted octanol–water partition coefficient (Wildman–Crippen LogP) is 2.78. The van der Waals surface area contributed by atoms with Gasteiger partial charge in [-0.1, -0.05) is 19.9 Å². The normalized spacial score (nSPS) is 13.4. The zero-order valence-corrected chi connectivity index (χ0v) is 17.4. The summed E-state index contributed by atoms with van der Waals surface area (Å²) in [6.45, 7) is 4.91. The SMILES string of the molecule is CCN(CC)C(CNC(=O)CNS(=O)(=O)c1cccc(C(F)(F)F)c1)c1ccco1. The third kappa shape index (κ3) is 6.31. The van der Waals surface area contributed by atoms with Crippen LogP contribution in [0.1, 0.15) is 31.2 Å². The number of alkyl halides is 3. The molecule has 1 atom stereocenters. The number of nitrogens with zero attached hydrogens (tertiary/aromatic N) is 1. The standard InChI is InChI=1S/C19H24F3N3O4S/c1-3-25(4-2)16(17-9-6-10-29-17)12-23-18(26)13-24-30(27,28)15-8-5-7-14(11-15)19(20,21)22/h5-11,16,24H,3-4,12-13H2,1-2H3,(H,23,26). The average molecular weight is 447 g/mol. The van der Waals surface area contributed by atoms with Crippen LogP contribution in [0.2, 0.25) is 0 Å². The van der Waals surface area contributed by atoms with Gasteiger partial charge < -0.3 is 9.73 Å². The molecule has 7 nitrogen and oxygen atoms in total. The van der Waals surface area contributed by atoms with Crippen molar-refractivity contribution in [3.05, 3.63) is 54.0 Å². The lowest BCUT2D eigenvalue weighted by Gasteiger charge is -2.28. The summed E-state index contributed by atoms with van der Waals surface area (Å²) in [5.74, 6) is 0.0396. The fourth-order valence-corrected chi connectivity index (χ4v) is 3.94. The zero-order valence-electron chi connectivity index (χ0n) is 16.6. The molecule has 1 amide bonds. The van der Waals surface area contributed by atoms with Gasteiger partial charge in [0, 0.05) is 6.54 Å². The first-order valence-electron chi connectivity index (χ1n) is 9.29. The van der Waals surface area contributed by atoms with Crippen molar-refractivity contribution in [1.29, 1.82) is 0 Å². The van der Waals surface area contributed by atoms with Crippen LogP contribution >= 0.6 is 0 Å². The van der Waals surface area contributed by atoms with Crippen molar-refractivity contribution in [2.24, 2.45) is 0 Å².